The van der Waals surface area contributed by atoms with Crippen molar-refractivity contribution in [1.29, 1.82) is 0 Å². The first-order chi connectivity index (χ1) is 9.07. The molecule has 1 fully saturated rings. The fourth-order valence-corrected chi connectivity index (χ4v) is 4.40. The molecule has 104 valence electrons. The first-order valence-corrected chi connectivity index (χ1v) is 7.80. The minimum Gasteiger partial charge on any atom is -0.496 e. The van der Waals surface area contributed by atoms with Crippen molar-refractivity contribution >= 4 is 8.58 Å². The molecule has 3 heteroatoms. The van der Waals surface area contributed by atoms with Gasteiger partial charge in [0.2, 0.25) is 0 Å². The highest BCUT2D eigenvalue weighted by atomic mass is 31.1. The van der Waals surface area contributed by atoms with Crippen molar-refractivity contribution in [1.82, 2.24) is 0 Å². The molecule has 1 heterocycles. The zero-order valence-corrected chi connectivity index (χ0v) is 13.0. The van der Waals surface area contributed by atoms with Crippen molar-refractivity contribution < 1.29 is 9.47 Å². The average molecular weight is 278 g/mol. The summed E-state index contributed by atoms with van der Waals surface area (Å²) < 4.78 is 11.5. The number of ether oxygens (including phenoxy) is 2. The van der Waals surface area contributed by atoms with E-state index in [4.69, 9.17) is 9.47 Å². The molecule has 1 aliphatic heterocycles. The van der Waals surface area contributed by atoms with Crippen molar-refractivity contribution in [3.8, 4) is 5.75 Å². The van der Waals surface area contributed by atoms with E-state index in [0.717, 1.165) is 27.4 Å². The van der Waals surface area contributed by atoms with E-state index < -0.39 is 0 Å². The van der Waals surface area contributed by atoms with Gasteiger partial charge in [-0.25, -0.2) is 0 Å². The zero-order chi connectivity index (χ0) is 13.9. The number of rotatable bonds is 4. The van der Waals surface area contributed by atoms with Crippen LogP contribution in [0.2, 0.25) is 0 Å². The maximum absolute atomic E-state index is 5.98. The van der Waals surface area contributed by atoms with Gasteiger partial charge in [-0.05, 0) is 32.3 Å². The lowest BCUT2D eigenvalue weighted by molar-refractivity contribution is 0.0102. The Morgan fingerprint density at radius 3 is 2.89 bits per heavy atom. The summed E-state index contributed by atoms with van der Waals surface area (Å²) in [6.07, 6.45) is 2.99. The van der Waals surface area contributed by atoms with E-state index in [1.165, 1.54) is 5.56 Å². The van der Waals surface area contributed by atoms with Gasteiger partial charge in [0.05, 0.1) is 19.1 Å². The molecule has 0 N–H and O–H groups in total. The predicted molar refractivity (Wildman–Crippen MR) is 82.4 cm³/mol. The van der Waals surface area contributed by atoms with Crippen molar-refractivity contribution in [2.45, 2.75) is 31.3 Å². The van der Waals surface area contributed by atoms with Gasteiger partial charge in [0.15, 0.2) is 0 Å². The Balaban J connectivity index is 2.33. The molecule has 2 rings (SSSR count). The van der Waals surface area contributed by atoms with Crippen LogP contribution in [0.25, 0.3) is 0 Å². The fourth-order valence-electron chi connectivity index (χ4n) is 2.62. The van der Waals surface area contributed by atoms with Gasteiger partial charge >= 0.3 is 0 Å². The first-order valence-electron chi connectivity index (χ1n) is 6.73. The number of para-hydroxylation sites is 1. The normalized spacial score (nSPS) is 27.1. The largest absolute Gasteiger partial charge is 0.496 e. The third kappa shape index (κ3) is 3.38. The molecule has 2 nitrogen and oxygen atoms in total. The molecule has 1 aromatic rings. The lowest BCUT2D eigenvalue weighted by atomic mass is 9.95. The first kappa shape index (κ1) is 14.6. The molecule has 1 aromatic carbocycles. The second kappa shape index (κ2) is 6.07. The summed E-state index contributed by atoms with van der Waals surface area (Å²) in [6, 6.07) is 8.36. The second-order valence-corrected chi connectivity index (χ2v) is 7.58. The Kier molecular flexibility index (Phi) is 4.65. The molecule has 0 radical (unpaired) electrons. The van der Waals surface area contributed by atoms with E-state index in [1.807, 2.05) is 18.2 Å². The summed E-state index contributed by atoms with van der Waals surface area (Å²) in [5.74, 6) is 1.49. The van der Waals surface area contributed by atoms with Crippen LogP contribution in [0.15, 0.2) is 36.9 Å². The number of hydrogen-bond acceptors (Lipinski definition) is 2. The molecule has 1 aliphatic rings. The molecule has 3 atom stereocenters. The smallest absolute Gasteiger partial charge is 0.122 e. The van der Waals surface area contributed by atoms with Gasteiger partial charge in [0.1, 0.15) is 5.75 Å². The maximum atomic E-state index is 5.98. The maximum Gasteiger partial charge on any atom is 0.122 e. The Hall–Kier alpha value is -0.850. The van der Waals surface area contributed by atoms with E-state index >= 15 is 0 Å². The van der Waals surface area contributed by atoms with Gasteiger partial charge in [-0.1, -0.05) is 32.9 Å². The molecule has 0 bridgehead atoms. The summed E-state index contributed by atoms with van der Waals surface area (Å²) >= 11 is 0. The minimum absolute atomic E-state index is 0.0385. The van der Waals surface area contributed by atoms with E-state index in [9.17, 15) is 0 Å². The fraction of sp³-hybridized carbons (Fsp3) is 0.500. The lowest BCUT2D eigenvalue weighted by Gasteiger charge is -2.41. The van der Waals surface area contributed by atoms with Gasteiger partial charge in [-0.2, -0.15) is 0 Å². The van der Waals surface area contributed by atoms with Crippen LogP contribution < -0.4 is 4.74 Å². The second-order valence-electron chi connectivity index (χ2n) is 5.47. The number of allylic oxidation sites excluding steroid dienone is 1. The molecule has 0 amide bonds. The van der Waals surface area contributed by atoms with Gasteiger partial charge in [0.25, 0.3) is 0 Å². The van der Waals surface area contributed by atoms with E-state index in [-0.39, 0.29) is 5.34 Å². The SMILES string of the molecule is C=CC[C@H]1COC(C)(C)P[C@@H]1c1ccccc1OC. The molecular formula is C16H23O2P. The van der Waals surface area contributed by atoms with Crippen molar-refractivity contribution in [3.05, 3.63) is 42.5 Å². The van der Waals surface area contributed by atoms with Gasteiger partial charge in [-0.3, -0.25) is 0 Å². The summed E-state index contributed by atoms with van der Waals surface area (Å²) in [5.41, 5.74) is 1.81. The number of hydrogen-bond donors (Lipinski definition) is 0. The molecule has 19 heavy (non-hydrogen) atoms. The molecule has 1 saturated heterocycles. The summed E-state index contributed by atoms with van der Waals surface area (Å²) in [6.45, 7) is 9.04. The number of benzene rings is 1. The summed E-state index contributed by atoms with van der Waals surface area (Å²) in [7, 11) is 2.48. The molecular weight excluding hydrogens is 255 g/mol. The van der Waals surface area contributed by atoms with E-state index in [2.05, 4.69) is 32.6 Å². The zero-order valence-electron chi connectivity index (χ0n) is 12.0. The highest BCUT2D eigenvalue weighted by molar-refractivity contribution is 7.40. The van der Waals surface area contributed by atoms with Crippen molar-refractivity contribution in [3.63, 3.8) is 0 Å². The summed E-state index contributed by atoms with van der Waals surface area (Å²) in [5, 5.41) is -0.0385. The van der Waals surface area contributed by atoms with Crippen molar-refractivity contribution in [2.24, 2.45) is 5.92 Å². The van der Waals surface area contributed by atoms with Crippen LogP contribution in [0.4, 0.5) is 0 Å². The van der Waals surface area contributed by atoms with Crippen LogP contribution in [0, 0.1) is 5.92 Å². The summed E-state index contributed by atoms with van der Waals surface area (Å²) in [4.78, 5) is 0. The van der Waals surface area contributed by atoms with Crippen molar-refractivity contribution in [2.75, 3.05) is 13.7 Å². The topological polar surface area (TPSA) is 18.5 Å². The lowest BCUT2D eigenvalue weighted by Crippen LogP contribution is -2.32. The Bertz CT molecular complexity index is 442. The van der Waals surface area contributed by atoms with Gasteiger partial charge in [-0.15, -0.1) is 6.58 Å². The molecule has 0 saturated carbocycles. The van der Waals surface area contributed by atoms with Crippen LogP contribution in [0.5, 0.6) is 5.75 Å². The van der Waals surface area contributed by atoms with Crippen LogP contribution in [0.3, 0.4) is 0 Å². The highest BCUT2D eigenvalue weighted by Crippen LogP contribution is 2.55. The standard InChI is InChI=1S/C16H23O2P/c1-5-8-12-11-18-16(2,3)19-15(12)13-9-6-7-10-14(13)17-4/h5-7,9-10,12,15,19H,1,8,11H2,2-4H3/t12-,15-/m0/s1. The van der Waals surface area contributed by atoms with Crippen LogP contribution in [-0.4, -0.2) is 19.1 Å². The Morgan fingerprint density at radius 2 is 2.21 bits per heavy atom. The minimum atomic E-state index is -0.0385. The van der Waals surface area contributed by atoms with Crippen LogP contribution >= 0.6 is 8.58 Å². The Morgan fingerprint density at radius 1 is 1.47 bits per heavy atom. The Labute approximate surface area is 118 Å². The molecule has 0 spiro atoms. The van der Waals surface area contributed by atoms with Gasteiger partial charge < -0.3 is 9.47 Å². The predicted octanol–water partition coefficient (Wildman–Crippen LogP) is 4.37. The number of methoxy groups -OCH3 is 1. The van der Waals surface area contributed by atoms with Gasteiger partial charge in [0, 0.05) is 11.2 Å². The van der Waals surface area contributed by atoms with E-state index in [1.54, 1.807) is 7.11 Å². The molecule has 0 aliphatic carbocycles. The van der Waals surface area contributed by atoms with Crippen LogP contribution in [0.1, 0.15) is 31.5 Å². The average Bonchev–Trinajstić information content (AvgIpc) is 2.40. The monoisotopic (exact) mass is 278 g/mol. The highest BCUT2D eigenvalue weighted by Gasteiger charge is 2.36. The molecule has 1 unspecified atom stereocenters. The third-order valence-electron chi connectivity index (χ3n) is 3.58. The molecule has 0 aromatic heterocycles. The third-order valence-corrected chi connectivity index (χ3v) is 5.51. The van der Waals surface area contributed by atoms with Crippen LogP contribution in [-0.2, 0) is 4.74 Å². The quantitative estimate of drug-likeness (QED) is 0.601. The van der Waals surface area contributed by atoms with E-state index in [0.29, 0.717) is 11.6 Å².